The van der Waals surface area contributed by atoms with Crippen LogP contribution in [0, 0.1) is 0 Å². The van der Waals surface area contributed by atoms with Crippen LogP contribution in [0.2, 0.25) is 26.1 Å². The molecule has 0 aromatic heterocycles. The molecule has 0 bridgehead atoms. The SMILES string of the molecule is C=CCCl.[CH3][Ti]([CH3])([CH3])([CH3])([CH3])[C]1=CC=CC1. The second-order valence-electron chi connectivity index (χ2n) is 8.02. The summed E-state index contributed by atoms with van der Waals surface area (Å²) in [6.45, 7) is 3.35. The number of allylic oxidation sites excluding steroid dienone is 5. The van der Waals surface area contributed by atoms with Crippen LogP contribution in [0.1, 0.15) is 6.42 Å². The fraction of sp³-hybridized carbons (Fsp3) is 0.538. The molecule has 1 aliphatic rings. The van der Waals surface area contributed by atoms with Crippen molar-refractivity contribution in [2.45, 2.75) is 32.6 Å². The van der Waals surface area contributed by atoms with Crippen molar-refractivity contribution in [1.82, 2.24) is 0 Å². The topological polar surface area (TPSA) is 0 Å². The van der Waals surface area contributed by atoms with E-state index < -0.39 is 14.0 Å². The molecule has 0 aromatic carbocycles. The Hall–Kier alpha value is 0.224. The van der Waals surface area contributed by atoms with Gasteiger partial charge in [-0.2, -0.15) is 0 Å². The number of hydrogen-bond donors (Lipinski definition) is 0. The molecule has 0 unspecified atom stereocenters. The minimum absolute atomic E-state index is 0.556. The molecule has 0 saturated heterocycles. The third-order valence-corrected chi connectivity index (χ3v) is 8.30. The first-order valence-electron chi connectivity index (χ1n) is 5.55. The molecule has 0 nitrogen and oxygen atoms in total. The predicted octanol–water partition coefficient (Wildman–Crippen LogP) is 5.71. The molecule has 0 radical (unpaired) electrons. The average molecular weight is 265 g/mol. The summed E-state index contributed by atoms with van der Waals surface area (Å²) < 4.78 is 1.70. The normalized spacial score (nSPS) is 19.5. The molecule has 1 rings (SSSR count). The van der Waals surface area contributed by atoms with Crippen molar-refractivity contribution >= 4 is 11.6 Å². The van der Waals surface area contributed by atoms with Gasteiger partial charge in [-0.05, 0) is 0 Å². The molecule has 0 spiro atoms. The van der Waals surface area contributed by atoms with E-state index in [1.54, 1.807) is 9.95 Å². The van der Waals surface area contributed by atoms with E-state index in [-0.39, 0.29) is 0 Å². The van der Waals surface area contributed by atoms with E-state index in [1.165, 1.54) is 6.42 Å². The zero-order chi connectivity index (χ0) is 12.2. The molecule has 0 aliphatic heterocycles. The van der Waals surface area contributed by atoms with Gasteiger partial charge in [-0.25, -0.2) is 0 Å². The summed E-state index contributed by atoms with van der Waals surface area (Å²) in [5, 5.41) is 12.4. The average Bonchev–Trinajstić information content (AvgIpc) is 2.53. The van der Waals surface area contributed by atoms with Crippen molar-refractivity contribution < 1.29 is 14.0 Å². The van der Waals surface area contributed by atoms with Crippen LogP contribution in [-0.2, 0) is 14.0 Å². The van der Waals surface area contributed by atoms with Crippen molar-refractivity contribution in [2.24, 2.45) is 0 Å². The predicted molar refractivity (Wildman–Crippen MR) is 72.1 cm³/mol. The van der Waals surface area contributed by atoms with Gasteiger partial charge >= 0.3 is 68.7 Å². The minimum atomic E-state index is -2.61. The third-order valence-electron chi connectivity index (χ3n) is 2.49. The van der Waals surface area contributed by atoms with Gasteiger partial charge in [-0.3, -0.25) is 0 Å². The molecule has 0 aromatic rings. The first-order chi connectivity index (χ1) is 6.51. The van der Waals surface area contributed by atoms with Gasteiger partial charge in [0.2, 0.25) is 0 Å². The van der Waals surface area contributed by atoms with E-state index in [1.807, 2.05) is 0 Å². The zero-order valence-electron chi connectivity index (χ0n) is 10.8. The Morgan fingerprint density at radius 2 is 1.80 bits per heavy atom. The fourth-order valence-corrected chi connectivity index (χ4v) is 4.60. The molecular weight excluding hydrogens is 239 g/mol. The quantitative estimate of drug-likeness (QED) is 0.340. The van der Waals surface area contributed by atoms with E-state index in [2.05, 4.69) is 50.9 Å². The number of alkyl halides is 1. The van der Waals surface area contributed by atoms with Crippen LogP contribution >= 0.6 is 11.6 Å². The molecular formula is C13H25ClTi. The van der Waals surface area contributed by atoms with Crippen LogP contribution < -0.4 is 0 Å². The van der Waals surface area contributed by atoms with Crippen molar-refractivity contribution in [2.75, 3.05) is 5.88 Å². The number of halogens is 1. The van der Waals surface area contributed by atoms with Gasteiger partial charge in [0.25, 0.3) is 0 Å². The Balaban J connectivity index is 0.000000423. The number of hydrogen-bond acceptors (Lipinski definition) is 0. The Morgan fingerprint density at radius 3 is 1.93 bits per heavy atom. The van der Waals surface area contributed by atoms with Gasteiger partial charge in [-0.1, -0.05) is 6.08 Å². The van der Waals surface area contributed by atoms with Crippen LogP contribution in [0.15, 0.2) is 34.8 Å². The Morgan fingerprint density at radius 1 is 1.33 bits per heavy atom. The molecule has 1 aliphatic carbocycles. The van der Waals surface area contributed by atoms with Crippen LogP contribution in [0.4, 0.5) is 0 Å². The summed E-state index contributed by atoms with van der Waals surface area (Å²) >= 11 is 2.46. The van der Waals surface area contributed by atoms with E-state index in [4.69, 9.17) is 11.6 Å². The zero-order valence-corrected chi connectivity index (χ0v) is 13.1. The summed E-state index contributed by atoms with van der Waals surface area (Å²) in [5.74, 6) is 0.556. The standard InChI is InChI=1S/C5H5.C3H5Cl.5CH3.Ti/c1-2-4-5-3-1;1-2-3-4;;;;;;/h1-3H,4H2;2H,1,3H2;5*1H3;. The van der Waals surface area contributed by atoms with Gasteiger partial charge in [0.1, 0.15) is 0 Å². The Labute approximate surface area is 98.5 Å². The van der Waals surface area contributed by atoms with E-state index in [9.17, 15) is 0 Å². The molecule has 0 saturated carbocycles. The molecule has 0 fully saturated rings. The van der Waals surface area contributed by atoms with Crippen LogP contribution in [0.3, 0.4) is 0 Å². The fourth-order valence-electron chi connectivity index (χ4n) is 1.37. The molecule has 88 valence electrons. The van der Waals surface area contributed by atoms with Gasteiger partial charge in [-0.15, -0.1) is 18.2 Å². The Kier molecular flexibility index (Phi) is 4.30. The van der Waals surface area contributed by atoms with Crippen molar-refractivity contribution in [3.8, 4) is 0 Å². The molecule has 0 N–H and O–H groups in total. The van der Waals surface area contributed by atoms with Gasteiger partial charge < -0.3 is 0 Å². The molecule has 2 heteroatoms. The van der Waals surface area contributed by atoms with Crippen molar-refractivity contribution in [3.63, 3.8) is 0 Å². The second kappa shape index (κ2) is 4.24. The summed E-state index contributed by atoms with van der Waals surface area (Å²) in [4.78, 5) is 0. The van der Waals surface area contributed by atoms with E-state index >= 15 is 0 Å². The van der Waals surface area contributed by atoms with E-state index in [0.29, 0.717) is 5.88 Å². The third kappa shape index (κ3) is 6.40. The van der Waals surface area contributed by atoms with Crippen LogP contribution in [0.5, 0.6) is 0 Å². The molecule has 0 heterocycles. The van der Waals surface area contributed by atoms with Gasteiger partial charge in [0.15, 0.2) is 0 Å². The Bertz CT molecular complexity index is 287. The summed E-state index contributed by atoms with van der Waals surface area (Å²) in [6, 6.07) is 0. The summed E-state index contributed by atoms with van der Waals surface area (Å²) in [6.07, 6.45) is 9.62. The van der Waals surface area contributed by atoms with Crippen LogP contribution in [-0.4, -0.2) is 5.88 Å². The molecule has 0 atom stereocenters. The van der Waals surface area contributed by atoms with Gasteiger partial charge in [0.05, 0.1) is 0 Å². The summed E-state index contributed by atoms with van der Waals surface area (Å²) in [5.41, 5.74) is 0. The number of rotatable bonds is 2. The molecule has 0 amide bonds. The summed E-state index contributed by atoms with van der Waals surface area (Å²) in [7, 11) is 0. The second-order valence-corrected chi connectivity index (χ2v) is 28.8. The van der Waals surface area contributed by atoms with E-state index in [0.717, 1.165) is 0 Å². The first kappa shape index (κ1) is 15.2. The van der Waals surface area contributed by atoms with Crippen molar-refractivity contribution in [3.05, 3.63) is 34.8 Å². The maximum absolute atomic E-state index is 5.07. The first-order valence-corrected chi connectivity index (χ1v) is 14.7. The monoisotopic (exact) mass is 264 g/mol. The molecule has 15 heavy (non-hydrogen) atoms. The van der Waals surface area contributed by atoms with Crippen molar-refractivity contribution in [1.29, 1.82) is 0 Å². The van der Waals surface area contributed by atoms with Crippen LogP contribution in [0.25, 0.3) is 0 Å². The maximum atomic E-state index is 5.07. The van der Waals surface area contributed by atoms with Gasteiger partial charge in [0, 0.05) is 5.88 Å².